The van der Waals surface area contributed by atoms with Crippen molar-refractivity contribution in [2.45, 2.75) is 0 Å². The predicted octanol–water partition coefficient (Wildman–Crippen LogP) is 11.4. The van der Waals surface area contributed by atoms with Crippen molar-refractivity contribution in [2.75, 3.05) is 0 Å². The van der Waals surface area contributed by atoms with Crippen molar-refractivity contribution in [3.05, 3.63) is 146 Å². The number of hydrogen-bond acceptors (Lipinski definition) is 1. The van der Waals surface area contributed by atoms with Crippen molar-refractivity contribution >= 4 is 85.9 Å². The molecule has 0 spiro atoms. The number of fused-ring (bicyclic) bond motifs is 12. The van der Waals surface area contributed by atoms with Gasteiger partial charge < -0.3 is 9.13 Å². The van der Waals surface area contributed by atoms with Gasteiger partial charge in [0.2, 0.25) is 0 Å². The fraction of sp³-hybridized carbons (Fsp3) is 0. The molecule has 0 aliphatic rings. The minimum Gasteiger partial charge on any atom is -0.309 e. The molecule has 7 aromatic carbocycles. The lowest BCUT2D eigenvalue weighted by molar-refractivity contribution is 1.19. The van der Waals surface area contributed by atoms with Gasteiger partial charge in [-0.05, 0) is 53.2 Å². The zero-order valence-corrected chi connectivity index (χ0v) is 24.0. The van der Waals surface area contributed by atoms with Crippen LogP contribution in [0.4, 0.5) is 0 Å². The van der Waals surface area contributed by atoms with Crippen LogP contribution in [0.2, 0.25) is 0 Å². The van der Waals surface area contributed by atoms with E-state index in [4.69, 9.17) is 0 Å². The zero-order chi connectivity index (χ0) is 28.1. The molecule has 200 valence electrons. The molecule has 0 aliphatic heterocycles. The van der Waals surface area contributed by atoms with Gasteiger partial charge in [-0.15, -0.1) is 11.3 Å². The summed E-state index contributed by atoms with van der Waals surface area (Å²) in [5.74, 6) is 0. The molecular weight excluding hydrogens is 541 g/mol. The van der Waals surface area contributed by atoms with E-state index in [0.717, 1.165) is 0 Å². The highest BCUT2D eigenvalue weighted by molar-refractivity contribution is 7.26. The van der Waals surface area contributed by atoms with E-state index >= 15 is 0 Å². The van der Waals surface area contributed by atoms with Crippen molar-refractivity contribution in [3.63, 3.8) is 0 Å². The van der Waals surface area contributed by atoms with Crippen LogP contribution in [0.1, 0.15) is 0 Å². The first kappa shape index (κ1) is 23.2. The van der Waals surface area contributed by atoms with Gasteiger partial charge in [-0.1, -0.05) is 103 Å². The van der Waals surface area contributed by atoms with Gasteiger partial charge in [0.25, 0.3) is 0 Å². The van der Waals surface area contributed by atoms with E-state index < -0.39 is 0 Å². The Morgan fingerprint density at radius 1 is 0.395 bits per heavy atom. The van der Waals surface area contributed by atoms with Crippen LogP contribution in [-0.4, -0.2) is 9.13 Å². The number of nitrogens with zero attached hydrogens (tertiary/aromatic N) is 2. The van der Waals surface area contributed by atoms with E-state index in [9.17, 15) is 0 Å². The Labute approximate surface area is 251 Å². The maximum Gasteiger partial charge on any atom is 0.0719 e. The number of aromatic nitrogens is 2. The predicted molar refractivity (Wildman–Crippen MR) is 186 cm³/mol. The van der Waals surface area contributed by atoms with Gasteiger partial charge in [-0.2, -0.15) is 0 Å². The van der Waals surface area contributed by atoms with Crippen LogP contribution in [0.15, 0.2) is 146 Å². The van der Waals surface area contributed by atoms with Crippen molar-refractivity contribution in [3.8, 4) is 11.4 Å². The second kappa shape index (κ2) is 8.57. The summed E-state index contributed by atoms with van der Waals surface area (Å²) in [6, 6.07) is 53.3. The van der Waals surface area contributed by atoms with Crippen LogP contribution in [-0.2, 0) is 0 Å². The third-order valence-electron chi connectivity index (χ3n) is 9.08. The topological polar surface area (TPSA) is 9.86 Å². The number of para-hydroxylation sites is 3. The van der Waals surface area contributed by atoms with Crippen molar-refractivity contribution in [2.24, 2.45) is 0 Å². The van der Waals surface area contributed by atoms with Crippen LogP contribution in [0.3, 0.4) is 0 Å². The molecule has 0 saturated heterocycles. The molecule has 0 N–H and O–H groups in total. The Balaban J connectivity index is 1.41. The zero-order valence-electron chi connectivity index (χ0n) is 23.2. The lowest BCUT2D eigenvalue weighted by Gasteiger charge is -2.10. The Bertz CT molecular complexity index is 2720. The van der Waals surface area contributed by atoms with Crippen LogP contribution >= 0.6 is 11.3 Å². The Kier molecular flexibility index (Phi) is 4.63. The van der Waals surface area contributed by atoms with Crippen LogP contribution in [0.25, 0.3) is 85.9 Å². The highest BCUT2D eigenvalue weighted by Crippen LogP contribution is 2.47. The van der Waals surface area contributed by atoms with Crippen LogP contribution in [0.5, 0.6) is 0 Å². The maximum absolute atomic E-state index is 2.49. The second-order valence-electron chi connectivity index (χ2n) is 11.3. The Morgan fingerprint density at radius 3 is 1.79 bits per heavy atom. The van der Waals surface area contributed by atoms with Gasteiger partial charge in [0.05, 0.1) is 26.8 Å². The normalized spacial score (nSPS) is 12.2. The molecular formula is C40H24N2S. The standard InChI is InChI=1S/C40H24N2S/c1-2-12-27(13-3-1)41-34-16-8-7-15-30(34)32-20-21-33-37-36(43-40(33)39(32)41)23-22-31-29-14-6-9-17-35(29)42(38(31)37)28-19-18-25-10-4-5-11-26(25)24-28/h1-24H. The van der Waals surface area contributed by atoms with Gasteiger partial charge in [0.1, 0.15) is 0 Å². The number of rotatable bonds is 2. The Morgan fingerprint density at radius 2 is 1.00 bits per heavy atom. The summed E-state index contributed by atoms with van der Waals surface area (Å²) in [7, 11) is 0. The van der Waals surface area contributed by atoms with E-state index in [1.54, 1.807) is 0 Å². The van der Waals surface area contributed by atoms with E-state index in [2.05, 4.69) is 155 Å². The first-order valence-electron chi connectivity index (χ1n) is 14.7. The molecule has 2 nitrogen and oxygen atoms in total. The first-order chi connectivity index (χ1) is 21.3. The van der Waals surface area contributed by atoms with E-state index in [1.165, 1.54) is 85.9 Å². The summed E-state index contributed by atoms with van der Waals surface area (Å²) in [4.78, 5) is 0. The molecule has 0 fully saturated rings. The van der Waals surface area contributed by atoms with Gasteiger partial charge in [-0.25, -0.2) is 0 Å². The molecule has 3 aromatic heterocycles. The van der Waals surface area contributed by atoms with Crippen molar-refractivity contribution in [1.82, 2.24) is 9.13 Å². The average Bonchev–Trinajstić information content (AvgIpc) is 3.72. The quantitative estimate of drug-likeness (QED) is 0.198. The van der Waals surface area contributed by atoms with Gasteiger partial charge >= 0.3 is 0 Å². The molecule has 10 rings (SSSR count). The highest BCUT2D eigenvalue weighted by atomic mass is 32.1. The van der Waals surface area contributed by atoms with Gasteiger partial charge in [-0.3, -0.25) is 0 Å². The van der Waals surface area contributed by atoms with Crippen molar-refractivity contribution < 1.29 is 0 Å². The largest absolute Gasteiger partial charge is 0.309 e. The third kappa shape index (κ3) is 3.12. The third-order valence-corrected chi connectivity index (χ3v) is 10.3. The fourth-order valence-electron chi connectivity index (χ4n) is 7.25. The molecule has 3 heteroatoms. The summed E-state index contributed by atoms with van der Waals surface area (Å²) in [5, 5.41) is 10.3. The smallest absolute Gasteiger partial charge is 0.0719 e. The molecule has 0 bridgehead atoms. The van der Waals surface area contributed by atoms with E-state index in [0.29, 0.717) is 0 Å². The maximum atomic E-state index is 2.49. The lowest BCUT2D eigenvalue weighted by atomic mass is 10.1. The molecule has 0 aliphatic carbocycles. The Hall–Kier alpha value is -5.38. The van der Waals surface area contributed by atoms with E-state index in [1.807, 2.05) is 11.3 Å². The average molecular weight is 565 g/mol. The summed E-state index contributed by atoms with van der Waals surface area (Å²) >= 11 is 1.91. The minimum atomic E-state index is 1.19. The molecule has 0 unspecified atom stereocenters. The number of thiophene rings is 1. The van der Waals surface area contributed by atoms with Crippen LogP contribution < -0.4 is 0 Å². The SMILES string of the molecule is c1ccc(-n2c3ccccc3c3ccc4c(sc5ccc6c7ccccc7n(-c7ccc8ccccc8c7)c6c54)c32)cc1. The molecule has 10 aromatic rings. The van der Waals surface area contributed by atoms with Gasteiger partial charge in [0, 0.05) is 48.4 Å². The highest BCUT2D eigenvalue weighted by Gasteiger charge is 2.21. The molecule has 43 heavy (non-hydrogen) atoms. The summed E-state index contributed by atoms with van der Waals surface area (Å²) in [5.41, 5.74) is 7.42. The second-order valence-corrected chi connectivity index (χ2v) is 12.4. The summed E-state index contributed by atoms with van der Waals surface area (Å²) < 4.78 is 7.58. The molecule has 0 atom stereocenters. The van der Waals surface area contributed by atoms with E-state index in [-0.39, 0.29) is 0 Å². The lowest BCUT2D eigenvalue weighted by Crippen LogP contribution is -1.94. The monoisotopic (exact) mass is 564 g/mol. The molecule has 0 radical (unpaired) electrons. The van der Waals surface area contributed by atoms with Gasteiger partial charge in [0.15, 0.2) is 0 Å². The molecule has 3 heterocycles. The fourth-order valence-corrected chi connectivity index (χ4v) is 8.49. The van der Waals surface area contributed by atoms with Crippen LogP contribution in [0, 0.1) is 0 Å². The summed E-state index contributed by atoms with van der Waals surface area (Å²) in [6.45, 7) is 0. The summed E-state index contributed by atoms with van der Waals surface area (Å²) in [6.07, 6.45) is 0. The molecule has 0 saturated carbocycles. The minimum absolute atomic E-state index is 1.19. The number of hydrogen-bond donors (Lipinski definition) is 0. The molecule has 0 amide bonds. The van der Waals surface area contributed by atoms with Crippen molar-refractivity contribution in [1.29, 1.82) is 0 Å². The first-order valence-corrected chi connectivity index (χ1v) is 15.5. The number of benzene rings is 7.